The third-order valence-corrected chi connectivity index (χ3v) is 5.26. The predicted molar refractivity (Wildman–Crippen MR) is 78.5 cm³/mol. The van der Waals surface area contributed by atoms with Crippen LogP contribution in [-0.2, 0) is 18.3 Å². The number of ether oxygens (including phenoxy) is 1. The summed E-state index contributed by atoms with van der Waals surface area (Å²) in [5.41, 5.74) is -0.811. The smallest absolute Gasteiger partial charge is 0.384 e. The van der Waals surface area contributed by atoms with Crippen LogP contribution >= 0.6 is 7.82 Å². The van der Waals surface area contributed by atoms with Gasteiger partial charge >= 0.3 is 7.82 Å². The second-order valence-corrected chi connectivity index (χ2v) is 7.05. The minimum atomic E-state index is -4.03. The van der Waals surface area contributed by atoms with Crippen molar-refractivity contribution >= 4 is 15.7 Å². The van der Waals surface area contributed by atoms with Gasteiger partial charge in [0.05, 0.1) is 11.7 Å². The number of rotatable bonds is 7. The van der Waals surface area contributed by atoms with E-state index in [0.29, 0.717) is 12.8 Å². The highest BCUT2D eigenvalue weighted by Gasteiger charge is 2.43. The van der Waals surface area contributed by atoms with Gasteiger partial charge in [0, 0.05) is 19.5 Å². The Balaban J connectivity index is 2.78. The van der Waals surface area contributed by atoms with E-state index >= 15 is 0 Å². The topological polar surface area (TPSA) is 65.0 Å². The first-order valence-electron chi connectivity index (χ1n) is 6.81. The van der Waals surface area contributed by atoms with Gasteiger partial charge in [-0.3, -0.25) is 9.05 Å². The minimum Gasteiger partial charge on any atom is -0.384 e. The fourth-order valence-electron chi connectivity index (χ4n) is 2.53. The summed E-state index contributed by atoms with van der Waals surface area (Å²) < 4.78 is 27.1. The maximum atomic E-state index is 11.6. The number of hydrogen-bond donors (Lipinski definition) is 1. The zero-order valence-electron chi connectivity index (χ0n) is 12.6. The molecule has 0 aliphatic carbocycles. The van der Waals surface area contributed by atoms with Crippen LogP contribution in [-0.4, -0.2) is 37.6 Å². The molecule has 0 saturated carbocycles. The molecule has 1 fully saturated rings. The Bertz CT molecular complexity index is 391. The molecule has 1 aliphatic heterocycles. The highest BCUT2D eigenvalue weighted by molar-refractivity contribution is 7.47. The zero-order chi connectivity index (χ0) is 15.6. The van der Waals surface area contributed by atoms with E-state index in [1.807, 2.05) is 13.8 Å². The Morgan fingerprint density at radius 1 is 1.60 bits per heavy atom. The zero-order valence-corrected chi connectivity index (χ0v) is 13.5. The Labute approximate surface area is 122 Å². The molecule has 0 aromatic heterocycles. The Kier molecular flexibility index (Phi) is 6.06. The number of phosphoric ester groups is 1. The second-order valence-electron chi connectivity index (χ2n) is 5.56. The molecule has 6 atom stereocenters. The van der Waals surface area contributed by atoms with Crippen molar-refractivity contribution in [3.63, 3.8) is 0 Å². The molecule has 1 heterocycles. The molecule has 0 spiro atoms. The fraction of sp³-hybridized carbons (Fsp3) is 0.846. The first-order chi connectivity index (χ1) is 9.18. The van der Waals surface area contributed by atoms with Crippen LogP contribution in [0.3, 0.4) is 0 Å². The molecule has 0 aromatic carbocycles. The van der Waals surface area contributed by atoms with Crippen molar-refractivity contribution in [3.05, 3.63) is 12.7 Å². The van der Waals surface area contributed by atoms with Crippen LogP contribution in [0, 0.1) is 11.8 Å². The van der Waals surface area contributed by atoms with E-state index in [9.17, 15) is 9.46 Å². The van der Waals surface area contributed by atoms with E-state index in [1.165, 1.54) is 0 Å². The molecule has 20 heavy (non-hydrogen) atoms. The van der Waals surface area contributed by atoms with Crippen LogP contribution in [0.25, 0.3) is 0 Å². The Morgan fingerprint density at radius 3 is 2.60 bits per heavy atom. The lowest BCUT2D eigenvalue weighted by Gasteiger charge is -2.33. The van der Waals surface area contributed by atoms with E-state index in [4.69, 9.17) is 17.1 Å². The summed E-state index contributed by atoms with van der Waals surface area (Å²) >= 11 is 0. The summed E-state index contributed by atoms with van der Waals surface area (Å²) in [4.78, 5) is 9.51. The fourth-order valence-corrected chi connectivity index (χ4v) is 3.37. The van der Waals surface area contributed by atoms with Crippen LogP contribution in [0.4, 0.5) is 0 Å². The molecule has 114 valence electrons. The summed E-state index contributed by atoms with van der Waals surface area (Å²) in [6.07, 6.45) is 2.68. The van der Waals surface area contributed by atoms with Crippen molar-refractivity contribution in [3.8, 4) is 0 Å². The van der Waals surface area contributed by atoms with Gasteiger partial charge in [-0.25, -0.2) is 4.57 Å². The minimum absolute atomic E-state index is 0.0736. The monoisotopic (exact) mass is 302 g/mol. The lowest BCUT2D eigenvalue weighted by molar-refractivity contribution is -0.0249. The molecule has 0 bridgehead atoms. The largest absolute Gasteiger partial charge is 0.472 e. The quantitative estimate of drug-likeness (QED) is 0.445. The molecule has 2 radical (unpaired) electrons. The molecular weight excluding hydrogens is 278 g/mol. The van der Waals surface area contributed by atoms with Gasteiger partial charge in [0.15, 0.2) is 0 Å². The number of phosphoric acid groups is 1. The normalized spacial score (nSPS) is 36.2. The average Bonchev–Trinajstić information content (AvgIpc) is 2.63. The lowest BCUT2D eigenvalue weighted by Crippen LogP contribution is -2.34. The number of hydrogen-bond acceptors (Lipinski definition) is 4. The molecule has 7 heteroatoms. The van der Waals surface area contributed by atoms with E-state index in [2.05, 4.69) is 11.1 Å². The summed E-state index contributed by atoms with van der Waals surface area (Å²) in [6, 6.07) is -0.392. The third kappa shape index (κ3) is 4.19. The van der Waals surface area contributed by atoms with E-state index in [-0.39, 0.29) is 17.9 Å². The van der Waals surface area contributed by atoms with Crippen molar-refractivity contribution in [2.24, 2.45) is 11.8 Å². The van der Waals surface area contributed by atoms with E-state index in [1.54, 1.807) is 13.0 Å². The van der Waals surface area contributed by atoms with E-state index in [0.717, 1.165) is 7.11 Å². The third-order valence-electron chi connectivity index (χ3n) is 4.12. The van der Waals surface area contributed by atoms with Crippen LogP contribution in [0.1, 0.15) is 33.6 Å². The van der Waals surface area contributed by atoms with Crippen LogP contribution in [0.2, 0.25) is 0 Å². The van der Waals surface area contributed by atoms with Crippen molar-refractivity contribution < 1.29 is 23.2 Å². The lowest BCUT2D eigenvalue weighted by atomic mass is 9.79. The first-order valence-corrected chi connectivity index (χ1v) is 8.30. The highest BCUT2D eigenvalue weighted by atomic mass is 31.2. The van der Waals surface area contributed by atoms with Crippen molar-refractivity contribution in [2.45, 2.75) is 51.3 Å². The maximum absolute atomic E-state index is 11.6. The summed E-state index contributed by atoms with van der Waals surface area (Å²) in [7, 11) is 3.04. The highest BCUT2D eigenvalue weighted by Crippen LogP contribution is 2.49. The van der Waals surface area contributed by atoms with Crippen molar-refractivity contribution in [1.82, 2.24) is 0 Å². The van der Waals surface area contributed by atoms with Gasteiger partial charge in [0.1, 0.15) is 7.85 Å². The molecule has 1 rings (SSSR count). The van der Waals surface area contributed by atoms with E-state index < -0.39 is 19.4 Å². The van der Waals surface area contributed by atoms with Crippen LogP contribution < -0.4 is 0 Å². The van der Waals surface area contributed by atoms with Crippen molar-refractivity contribution in [1.29, 1.82) is 0 Å². The van der Waals surface area contributed by atoms with Gasteiger partial charge in [-0.2, -0.15) is 0 Å². The SMILES string of the molecule is [B]C1OC(CC(C)(CC)OP(=O)(O)OC)C(C)C1C=C. The predicted octanol–water partition coefficient (Wildman–Crippen LogP) is 2.64. The van der Waals surface area contributed by atoms with Gasteiger partial charge in [-0.05, 0) is 25.2 Å². The molecule has 0 aromatic rings. The Hall–Kier alpha value is -0.125. The van der Waals surface area contributed by atoms with Gasteiger partial charge in [0.25, 0.3) is 0 Å². The van der Waals surface area contributed by atoms with Crippen LogP contribution in [0.15, 0.2) is 12.7 Å². The molecule has 1 saturated heterocycles. The van der Waals surface area contributed by atoms with Gasteiger partial charge in [-0.1, -0.05) is 19.9 Å². The summed E-state index contributed by atoms with van der Waals surface area (Å²) in [6.45, 7) is 9.47. The molecular formula is C13H24BO5P. The summed E-state index contributed by atoms with van der Waals surface area (Å²) in [5.74, 6) is 0.252. The molecule has 1 N–H and O–H groups in total. The van der Waals surface area contributed by atoms with Gasteiger partial charge in [-0.15, -0.1) is 6.58 Å². The van der Waals surface area contributed by atoms with Gasteiger partial charge < -0.3 is 9.63 Å². The second kappa shape index (κ2) is 6.76. The Morgan fingerprint density at radius 2 is 2.20 bits per heavy atom. The standard InChI is InChI=1S/C13H24BO5P/c1-6-10-9(3)11(18-12(10)14)8-13(4,7-2)19-20(15,16)17-5/h6,9-12H,1,7-8H2,2-5H3,(H,15,16). The van der Waals surface area contributed by atoms with Crippen LogP contribution in [0.5, 0.6) is 0 Å². The van der Waals surface area contributed by atoms with Crippen molar-refractivity contribution in [2.75, 3.05) is 7.11 Å². The molecule has 1 aliphatic rings. The summed E-state index contributed by atoms with van der Waals surface area (Å²) in [5, 5.41) is 0. The maximum Gasteiger partial charge on any atom is 0.472 e. The first kappa shape index (κ1) is 17.9. The average molecular weight is 302 g/mol. The molecule has 5 nitrogen and oxygen atoms in total. The molecule has 0 amide bonds. The van der Waals surface area contributed by atoms with Gasteiger partial charge in [0.2, 0.25) is 0 Å². The molecule has 6 unspecified atom stereocenters.